The van der Waals surface area contributed by atoms with E-state index in [0.29, 0.717) is 24.2 Å². The number of ether oxygens (including phenoxy) is 1. The molecule has 0 aliphatic rings. The van der Waals surface area contributed by atoms with Crippen molar-refractivity contribution in [3.8, 4) is 6.07 Å². The topological polar surface area (TPSA) is 91.2 Å². The maximum absolute atomic E-state index is 11.6. The maximum Gasteiger partial charge on any atom is 0.406 e. The van der Waals surface area contributed by atoms with Crippen molar-refractivity contribution >= 4 is 29.3 Å². The first-order valence-electron chi connectivity index (χ1n) is 5.88. The van der Waals surface area contributed by atoms with Crippen molar-refractivity contribution in [3.05, 3.63) is 28.8 Å². The van der Waals surface area contributed by atoms with Crippen LogP contribution in [0.15, 0.2) is 18.2 Å². The van der Waals surface area contributed by atoms with Gasteiger partial charge in [0.15, 0.2) is 0 Å². The van der Waals surface area contributed by atoms with Crippen molar-refractivity contribution in [1.29, 1.82) is 5.26 Å². The fourth-order valence-electron chi connectivity index (χ4n) is 1.42. The molecule has 106 valence electrons. The largest absolute Gasteiger partial charge is 0.453 e. The van der Waals surface area contributed by atoms with E-state index < -0.39 is 6.09 Å². The number of alkyl carbamates (subject to hydrolysis) is 1. The van der Waals surface area contributed by atoms with Crippen LogP contribution in [0.25, 0.3) is 0 Å². The van der Waals surface area contributed by atoms with E-state index in [1.165, 1.54) is 19.2 Å². The number of nitrogens with zero attached hydrogens (tertiary/aromatic N) is 1. The molecule has 0 spiro atoms. The Bertz CT molecular complexity index is 540. The lowest BCUT2D eigenvalue weighted by Crippen LogP contribution is -2.25. The van der Waals surface area contributed by atoms with Gasteiger partial charge in [0.25, 0.3) is 0 Å². The average Bonchev–Trinajstić information content (AvgIpc) is 2.43. The molecular weight excluding hydrogens is 282 g/mol. The van der Waals surface area contributed by atoms with Crippen LogP contribution in [0.4, 0.5) is 10.5 Å². The zero-order valence-corrected chi connectivity index (χ0v) is 11.7. The Morgan fingerprint density at radius 3 is 2.80 bits per heavy atom. The third-order valence-corrected chi connectivity index (χ3v) is 2.72. The molecule has 2 N–H and O–H groups in total. The van der Waals surface area contributed by atoms with Crippen molar-refractivity contribution in [1.82, 2.24) is 5.32 Å². The zero-order valence-electron chi connectivity index (χ0n) is 10.9. The SMILES string of the molecule is COC(=O)NCCCC(=O)Nc1ccc(C#N)c(Cl)c1. The Hall–Kier alpha value is -2.26. The quantitative estimate of drug-likeness (QED) is 0.815. The molecule has 0 unspecified atom stereocenters. The summed E-state index contributed by atoms with van der Waals surface area (Å²) in [5, 5.41) is 14.2. The summed E-state index contributed by atoms with van der Waals surface area (Å²) in [4.78, 5) is 22.4. The van der Waals surface area contributed by atoms with Gasteiger partial charge in [-0.15, -0.1) is 0 Å². The lowest BCUT2D eigenvalue weighted by molar-refractivity contribution is -0.116. The van der Waals surface area contributed by atoms with Gasteiger partial charge in [0.2, 0.25) is 5.91 Å². The standard InChI is InChI=1S/C13H14ClN3O3/c1-20-13(19)16-6-2-3-12(18)17-10-5-4-9(8-15)11(14)7-10/h4-5,7H,2-3,6H2,1H3,(H,16,19)(H,17,18). The van der Waals surface area contributed by atoms with E-state index >= 15 is 0 Å². The number of rotatable bonds is 5. The highest BCUT2D eigenvalue weighted by molar-refractivity contribution is 6.32. The lowest BCUT2D eigenvalue weighted by Gasteiger charge is -2.06. The van der Waals surface area contributed by atoms with E-state index in [0.717, 1.165) is 0 Å². The highest BCUT2D eigenvalue weighted by Gasteiger charge is 2.06. The van der Waals surface area contributed by atoms with Crippen LogP contribution in [0.5, 0.6) is 0 Å². The van der Waals surface area contributed by atoms with Gasteiger partial charge < -0.3 is 15.4 Å². The van der Waals surface area contributed by atoms with Gasteiger partial charge in [0, 0.05) is 18.7 Å². The monoisotopic (exact) mass is 295 g/mol. The molecule has 0 heterocycles. The summed E-state index contributed by atoms with van der Waals surface area (Å²) >= 11 is 5.86. The minimum Gasteiger partial charge on any atom is -0.453 e. The minimum atomic E-state index is -0.524. The Morgan fingerprint density at radius 2 is 2.20 bits per heavy atom. The number of anilines is 1. The van der Waals surface area contributed by atoms with Gasteiger partial charge in [0.05, 0.1) is 17.7 Å². The Balaban J connectivity index is 2.37. The molecule has 7 heteroatoms. The lowest BCUT2D eigenvalue weighted by atomic mass is 10.2. The first-order valence-corrected chi connectivity index (χ1v) is 6.26. The summed E-state index contributed by atoms with van der Waals surface area (Å²) in [5.41, 5.74) is 0.881. The predicted molar refractivity (Wildman–Crippen MR) is 74.4 cm³/mol. The van der Waals surface area contributed by atoms with Crippen LogP contribution in [0, 0.1) is 11.3 Å². The van der Waals surface area contributed by atoms with Gasteiger partial charge in [-0.1, -0.05) is 11.6 Å². The molecule has 0 fully saturated rings. The number of benzene rings is 1. The first-order chi connectivity index (χ1) is 9.56. The van der Waals surface area contributed by atoms with Crippen LogP contribution in [0.2, 0.25) is 5.02 Å². The second kappa shape index (κ2) is 8.02. The molecule has 0 radical (unpaired) electrons. The number of nitriles is 1. The molecule has 0 atom stereocenters. The van der Waals surface area contributed by atoms with Gasteiger partial charge >= 0.3 is 6.09 Å². The smallest absolute Gasteiger partial charge is 0.406 e. The third kappa shape index (κ3) is 5.16. The number of carbonyl (C=O) groups excluding carboxylic acids is 2. The molecule has 1 aromatic rings. The molecular formula is C13H14ClN3O3. The average molecular weight is 296 g/mol. The number of hydrogen-bond acceptors (Lipinski definition) is 4. The number of hydrogen-bond donors (Lipinski definition) is 2. The van der Waals surface area contributed by atoms with Crippen LogP contribution < -0.4 is 10.6 Å². The minimum absolute atomic E-state index is 0.197. The van der Waals surface area contributed by atoms with Crippen molar-refractivity contribution in [2.24, 2.45) is 0 Å². The van der Waals surface area contributed by atoms with Crippen LogP contribution in [-0.2, 0) is 9.53 Å². The van der Waals surface area contributed by atoms with Crippen LogP contribution >= 0.6 is 11.6 Å². The fraction of sp³-hybridized carbons (Fsp3) is 0.308. The van der Waals surface area contributed by atoms with Crippen molar-refractivity contribution in [2.75, 3.05) is 19.0 Å². The third-order valence-electron chi connectivity index (χ3n) is 2.41. The van der Waals surface area contributed by atoms with E-state index in [1.807, 2.05) is 6.07 Å². The van der Waals surface area contributed by atoms with E-state index in [-0.39, 0.29) is 17.4 Å². The number of amides is 2. The molecule has 6 nitrogen and oxygen atoms in total. The first kappa shape index (κ1) is 15.8. The molecule has 1 aromatic carbocycles. The summed E-state index contributed by atoms with van der Waals surface area (Å²) in [6.45, 7) is 0.355. The number of halogens is 1. The number of methoxy groups -OCH3 is 1. The van der Waals surface area contributed by atoms with E-state index in [2.05, 4.69) is 15.4 Å². The van der Waals surface area contributed by atoms with E-state index in [9.17, 15) is 9.59 Å². The van der Waals surface area contributed by atoms with Crippen LogP contribution in [0.3, 0.4) is 0 Å². The molecule has 0 aliphatic heterocycles. The van der Waals surface area contributed by atoms with Gasteiger partial charge in [-0.2, -0.15) is 5.26 Å². The number of carbonyl (C=O) groups is 2. The molecule has 0 aromatic heterocycles. The van der Waals surface area contributed by atoms with Crippen LogP contribution in [0.1, 0.15) is 18.4 Å². The normalized spacial score (nSPS) is 9.45. The Morgan fingerprint density at radius 1 is 1.45 bits per heavy atom. The molecule has 0 aliphatic carbocycles. The van der Waals surface area contributed by atoms with E-state index in [4.69, 9.17) is 16.9 Å². The fourth-order valence-corrected chi connectivity index (χ4v) is 1.64. The zero-order chi connectivity index (χ0) is 15.0. The molecule has 20 heavy (non-hydrogen) atoms. The Labute approximate surface area is 121 Å². The van der Waals surface area contributed by atoms with Crippen LogP contribution in [-0.4, -0.2) is 25.7 Å². The molecule has 2 amide bonds. The molecule has 0 bridgehead atoms. The molecule has 0 saturated heterocycles. The van der Waals surface area contributed by atoms with Gasteiger partial charge in [-0.05, 0) is 24.6 Å². The highest BCUT2D eigenvalue weighted by Crippen LogP contribution is 2.20. The van der Waals surface area contributed by atoms with Gasteiger partial charge in [-0.25, -0.2) is 4.79 Å². The summed E-state index contributed by atoms with van der Waals surface area (Å²) in [5.74, 6) is -0.197. The van der Waals surface area contributed by atoms with E-state index in [1.54, 1.807) is 6.07 Å². The summed E-state index contributed by atoms with van der Waals surface area (Å²) in [6, 6.07) is 6.60. The molecule has 0 saturated carbocycles. The van der Waals surface area contributed by atoms with Gasteiger partial charge in [-0.3, -0.25) is 4.79 Å². The summed E-state index contributed by atoms with van der Waals surface area (Å²) in [6.07, 6.45) is 0.219. The summed E-state index contributed by atoms with van der Waals surface area (Å²) < 4.78 is 4.40. The maximum atomic E-state index is 11.6. The second-order valence-electron chi connectivity index (χ2n) is 3.88. The Kier molecular flexibility index (Phi) is 6.33. The highest BCUT2D eigenvalue weighted by atomic mass is 35.5. The molecule has 1 rings (SSSR count). The summed E-state index contributed by atoms with van der Waals surface area (Å²) in [7, 11) is 1.27. The van der Waals surface area contributed by atoms with Crippen molar-refractivity contribution in [3.63, 3.8) is 0 Å². The second-order valence-corrected chi connectivity index (χ2v) is 4.28. The van der Waals surface area contributed by atoms with Crippen molar-refractivity contribution in [2.45, 2.75) is 12.8 Å². The predicted octanol–water partition coefficient (Wildman–Crippen LogP) is 2.29. The van der Waals surface area contributed by atoms with Crippen molar-refractivity contribution < 1.29 is 14.3 Å². The van der Waals surface area contributed by atoms with Gasteiger partial charge in [0.1, 0.15) is 6.07 Å². The number of nitrogens with one attached hydrogen (secondary N) is 2.